The van der Waals surface area contributed by atoms with Gasteiger partial charge in [-0.15, -0.1) is 11.3 Å². The van der Waals surface area contributed by atoms with Crippen molar-refractivity contribution in [2.24, 2.45) is 0 Å². The summed E-state index contributed by atoms with van der Waals surface area (Å²) in [6.07, 6.45) is 0. The summed E-state index contributed by atoms with van der Waals surface area (Å²) in [6, 6.07) is 5.25. The molecule has 9 heteroatoms. The predicted molar refractivity (Wildman–Crippen MR) is 84.2 cm³/mol. The molecule has 2 aromatic heterocycles. The van der Waals surface area contributed by atoms with E-state index in [2.05, 4.69) is 21.1 Å². The minimum atomic E-state index is -3.39. The molecule has 1 fully saturated rings. The molecule has 0 aromatic carbocycles. The summed E-state index contributed by atoms with van der Waals surface area (Å²) in [5.41, 5.74) is 0. The highest BCUT2D eigenvalue weighted by Gasteiger charge is 2.30. The standard InChI is InChI=1S/C12H14BrN3O3S2/c1-9-8-11(14-19-9)15-4-6-16(7-5-15)21(17,18)12-3-2-10(13)20-12/h2-3,8H,4-7H2,1H3. The SMILES string of the molecule is Cc1cc(N2CCN(S(=O)(=O)c3ccc(Br)s3)CC2)no1. The van der Waals surface area contributed by atoms with Crippen LogP contribution in [0, 0.1) is 6.92 Å². The monoisotopic (exact) mass is 391 g/mol. The maximum atomic E-state index is 12.5. The molecule has 0 saturated carbocycles. The second kappa shape index (κ2) is 5.71. The molecule has 21 heavy (non-hydrogen) atoms. The Morgan fingerprint density at radius 1 is 1.29 bits per heavy atom. The van der Waals surface area contributed by atoms with Crippen LogP contribution in [-0.2, 0) is 10.0 Å². The fourth-order valence-corrected chi connectivity index (χ4v) is 5.81. The molecule has 6 nitrogen and oxygen atoms in total. The molecule has 0 N–H and O–H groups in total. The van der Waals surface area contributed by atoms with Gasteiger partial charge < -0.3 is 9.42 Å². The molecule has 3 rings (SSSR count). The van der Waals surface area contributed by atoms with E-state index in [1.165, 1.54) is 15.6 Å². The van der Waals surface area contributed by atoms with E-state index in [0.717, 1.165) is 15.4 Å². The van der Waals surface area contributed by atoms with Gasteiger partial charge in [0.2, 0.25) is 0 Å². The number of sulfonamides is 1. The molecule has 0 atom stereocenters. The molecule has 2 aromatic rings. The van der Waals surface area contributed by atoms with E-state index in [-0.39, 0.29) is 0 Å². The molecule has 0 amide bonds. The fraction of sp³-hybridized carbons (Fsp3) is 0.417. The largest absolute Gasteiger partial charge is 0.360 e. The number of piperazine rings is 1. The Bertz CT molecular complexity index is 733. The molecule has 0 aliphatic carbocycles. The van der Waals surface area contributed by atoms with Gasteiger partial charge in [-0.1, -0.05) is 5.16 Å². The first-order chi connectivity index (χ1) is 9.96. The van der Waals surface area contributed by atoms with Crippen LogP contribution >= 0.6 is 27.3 Å². The van der Waals surface area contributed by atoms with Crippen LogP contribution in [-0.4, -0.2) is 44.1 Å². The molecule has 1 saturated heterocycles. The predicted octanol–water partition coefficient (Wildman–Crippen LogP) is 2.32. The average molecular weight is 392 g/mol. The van der Waals surface area contributed by atoms with Crippen LogP contribution in [0.15, 0.2) is 30.7 Å². The van der Waals surface area contributed by atoms with E-state index in [9.17, 15) is 8.42 Å². The molecule has 1 aliphatic rings. The maximum absolute atomic E-state index is 12.5. The van der Waals surface area contributed by atoms with Crippen molar-refractivity contribution in [3.8, 4) is 0 Å². The van der Waals surface area contributed by atoms with Crippen LogP contribution in [0.5, 0.6) is 0 Å². The lowest BCUT2D eigenvalue weighted by Gasteiger charge is -2.33. The van der Waals surface area contributed by atoms with Crippen molar-refractivity contribution in [3.63, 3.8) is 0 Å². The number of hydrogen-bond acceptors (Lipinski definition) is 6. The van der Waals surface area contributed by atoms with E-state index in [0.29, 0.717) is 30.4 Å². The number of rotatable bonds is 3. The van der Waals surface area contributed by atoms with Crippen LogP contribution in [0.25, 0.3) is 0 Å². The second-order valence-electron chi connectivity index (χ2n) is 4.75. The summed E-state index contributed by atoms with van der Waals surface area (Å²) in [5, 5.41) is 3.97. The van der Waals surface area contributed by atoms with Crippen molar-refractivity contribution < 1.29 is 12.9 Å². The lowest BCUT2D eigenvalue weighted by Crippen LogP contribution is -2.48. The summed E-state index contributed by atoms with van der Waals surface area (Å²) >= 11 is 4.53. The van der Waals surface area contributed by atoms with Crippen molar-refractivity contribution in [3.05, 3.63) is 27.7 Å². The highest BCUT2D eigenvalue weighted by Crippen LogP contribution is 2.29. The van der Waals surface area contributed by atoms with E-state index < -0.39 is 10.0 Å². The molecule has 1 aliphatic heterocycles. The molecule has 0 bridgehead atoms. The number of hydrogen-bond donors (Lipinski definition) is 0. The third-order valence-electron chi connectivity index (χ3n) is 3.32. The van der Waals surface area contributed by atoms with Gasteiger partial charge in [0.1, 0.15) is 9.97 Å². The van der Waals surface area contributed by atoms with Crippen LogP contribution in [0.2, 0.25) is 0 Å². The maximum Gasteiger partial charge on any atom is 0.252 e. The summed E-state index contributed by atoms with van der Waals surface area (Å²) in [7, 11) is -3.39. The lowest BCUT2D eigenvalue weighted by molar-refractivity contribution is 0.372. The first-order valence-electron chi connectivity index (χ1n) is 6.40. The van der Waals surface area contributed by atoms with Gasteiger partial charge in [0.15, 0.2) is 5.82 Å². The third-order valence-corrected chi connectivity index (χ3v) is 7.31. The number of nitrogens with zero attached hydrogens (tertiary/aromatic N) is 3. The first-order valence-corrected chi connectivity index (χ1v) is 9.45. The van der Waals surface area contributed by atoms with Gasteiger partial charge in [-0.3, -0.25) is 0 Å². The normalized spacial score (nSPS) is 17.3. The topological polar surface area (TPSA) is 66.7 Å². The Balaban J connectivity index is 1.71. The smallest absolute Gasteiger partial charge is 0.252 e. The zero-order valence-electron chi connectivity index (χ0n) is 11.3. The van der Waals surface area contributed by atoms with Crippen molar-refractivity contribution in [2.45, 2.75) is 11.1 Å². The molecular formula is C12H14BrN3O3S2. The highest BCUT2D eigenvalue weighted by molar-refractivity contribution is 9.11. The van der Waals surface area contributed by atoms with Gasteiger partial charge in [0.25, 0.3) is 10.0 Å². The van der Waals surface area contributed by atoms with Crippen molar-refractivity contribution in [1.29, 1.82) is 0 Å². The van der Waals surface area contributed by atoms with E-state index >= 15 is 0 Å². The number of aromatic nitrogens is 1. The van der Waals surface area contributed by atoms with Gasteiger partial charge in [-0.2, -0.15) is 4.31 Å². The molecular weight excluding hydrogens is 378 g/mol. The summed E-state index contributed by atoms with van der Waals surface area (Å²) in [5.74, 6) is 1.52. The van der Waals surface area contributed by atoms with Crippen LogP contribution in [0.3, 0.4) is 0 Å². The Morgan fingerprint density at radius 3 is 2.52 bits per heavy atom. The Labute approximate surface area is 135 Å². The number of thiophene rings is 1. The Hall–Kier alpha value is -0.900. The summed E-state index contributed by atoms with van der Waals surface area (Å²) in [4.78, 5) is 2.03. The number of anilines is 1. The fourth-order valence-electron chi connectivity index (χ4n) is 2.22. The Morgan fingerprint density at radius 2 is 2.00 bits per heavy atom. The number of aryl methyl sites for hydroxylation is 1. The molecule has 114 valence electrons. The van der Waals surface area contributed by atoms with Crippen molar-refractivity contribution in [2.75, 3.05) is 31.1 Å². The van der Waals surface area contributed by atoms with Gasteiger partial charge in [-0.25, -0.2) is 8.42 Å². The summed E-state index contributed by atoms with van der Waals surface area (Å²) < 4.78 is 32.8. The van der Waals surface area contributed by atoms with Gasteiger partial charge in [-0.05, 0) is 35.0 Å². The molecule has 0 unspecified atom stereocenters. The van der Waals surface area contributed by atoms with Crippen molar-refractivity contribution >= 4 is 43.1 Å². The molecule has 0 spiro atoms. The zero-order valence-corrected chi connectivity index (χ0v) is 14.5. The first kappa shape index (κ1) is 15.0. The second-order valence-corrected chi connectivity index (χ2v) is 9.37. The Kier molecular flexibility index (Phi) is 4.08. The van der Waals surface area contributed by atoms with Crippen molar-refractivity contribution in [1.82, 2.24) is 9.46 Å². The average Bonchev–Trinajstić information content (AvgIpc) is 3.08. The van der Waals surface area contributed by atoms with Gasteiger partial charge in [0, 0.05) is 32.2 Å². The minimum Gasteiger partial charge on any atom is -0.360 e. The number of halogens is 1. The minimum absolute atomic E-state index is 0.375. The van der Waals surface area contributed by atoms with Crippen LogP contribution in [0.4, 0.5) is 5.82 Å². The highest BCUT2D eigenvalue weighted by atomic mass is 79.9. The van der Waals surface area contributed by atoms with Gasteiger partial charge >= 0.3 is 0 Å². The van der Waals surface area contributed by atoms with E-state index in [4.69, 9.17) is 4.52 Å². The quantitative estimate of drug-likeness (QED) is 0.802. The zero-order chi connectivity index (χ0) is 15.0. The third kappa shape index (κ3) is 3.01. The van der Waals surface area contributed by atoms with Crippen LogP contribution < -0.4 is 4.90 Å². The molecule has 0 radical (unpaired) electrons. The summed E-state index contributed by atoms with van der Waals surface area (Å²) in [6.45, 7) is 3.95. The van der Waals surface area contributed by atoms with Crippen LogP contribution in [0.1, 0.15) is 5.76 Å². The molecule has 3 heterocycles. The van der Waals surface area contributed by atoms with E-state index in [1.807, 2.05) is 17.9 Å². The van der Waals surface area contributed by atoms with E-state index in [1.54, 1.807) is 12.1 Å². The van der Waals surface area contributed by atoms with Gasteiger partial charge in [0.05, 0.1) is 3.79 Å². The lowest BCUT2D eigenvalue weighted by atomic mass is 10.3.